The van der Waals surface area contributed by atoms with Gasteiger partial charge in [0, 0.05) is 6.61 Å². The highest BCUT2D eigenvalue weighted by atomic mass is 35.5. The van der Waals surface area contributed by atoms with Gasteiger partial charge < -0.3 is 15.2 Å². The van der Waals surface area contributed by atoms with Crippen LogP contribution in [0.5, 0.6) is 5.75 Å². The van der Waals surface area contributed by atoms with Crippen LogP contribution in [0.25, 0.3) is 0 Å². The predicted octanol–water partition coefficient (Wildman–Crippen LogP) is 3.55. The second kappa shape index (κ2) is 7.62. The highest BCUT2D eigenvalue weighted by molar-refractivity contribution is 6.32. The maximum absolute atomic E-state index is 6.26. The standard InChI is InChI=1S/C14H22ClNO2/c1-4-6-12(18-5-2)14(16)10-7-8-11(15)13(9-10)17-3/h7-9,12,14H,4-6,16H2,1-3H3. The van der Waals surface area contributed by atoms with Crippen LogP contribution >= 0.6 is 11.6 Å². The molecule has 0 aromatic heterocycles. The molecule has 0 aliphatic rings. The Balaban J connectivity index is 2.89. The molecule has 2 N–H and O–H groups in total. The fourth-order valence-electron chi connectivity index (χ4n) is 1.96. The molecule has 0 radical (unpaired) electrons. The first kappa shape index (κ1) is 15.3. The number of hydrogen-bond donors (Lipinski definition) is 1. The Hall–Kier alpha value is -0.770. The summed E-state index contributed by atoms with van der Waals surface area (Å²) in [7, 11) is 1.60. The van der Waals surface area contributed by atoms with Crippen LogP contribution in [0.15, 0.2) is 18.2 Å². The molecule has 0 saturated carbocycles. The normalized spacial score (nSPS) is 14.3. The van der Waals surface area contributed by atoms with E-state index in [0.29, 0.717) is 17.4 Å². The first-order valence-corrected chi connectivity index (χ1v) is 6.72. The first-order valence-electron chi connectivity index (χ1n) is 6.34. The predicted molar refractivity (Wildman–Crippen MR) is 75.3 cm³/mol. The van der Waals surface area contributed by atoms with Gasteiger partial charge in [0.2, 0.25) is 0 Å². The third-order valence-electron chi connectivity index (χ3n) is 2.91. The van der Waals surface area contributed by atoms with E-state index in [1.165, 1.54) is 0 Å². The van der Waals surface area contributed by atoms with E-state index < -0.39 is 0 Å². The van der Waals surface area contributed by atoms with Crippen LogP contribution in [0.4, 0.5) is 0 Å². The fraction of sp³-hybridized carbons (Fsp3) is 0.571. The minimum atomic E-state index is -0.156. The lowest BCUT2D eigenvalue weighted by Gasteiger charge is -2.24. The van der Waals surface area contributed by atoms with Gasteiger partial charge in [0.15, 0.2) is 0 Å². The van der Waals surface area contributed by atoms with E-state index in [4.69, 9.17) is 26.8 Å². The van der Waals surface area contributed by atoms with E-state index in [-0.39, 0.29) is 12.1 Å². The lowest BCUT2D eigenvalue weighted by atomic mass is 9.99. The van der Waals surface area contributed by atoms with E-state index in [2.05, 4.69) is 6.92 Å². The molecule has 0 saturated heterocycles. The van der Waals surface area contributed by atoms with Gasteiger partial charge in [0.05, 0.1) is 24.3 Å². The van der Waals surface area contributed by atoms with E-state index in [1.807, 2.05) is 25.1 Å². The molecule has 0 bridgehead atoms. The average molecular weight is 272 g/mol. The molecule has 0 aliphatic heterocycles. The molecule has 1 rings (SSSR count). The van der Waals surface area contributed by atoms with Gasteiger partial charge in [-0.05, 0) is 31.0 Å². The van der Waals surface area contributed by atoms with Gasteiger partial charge in [-0.3, -0.25) is 0 Å². The maximum atomic E-state index is 6.26. The van der Waals surface area contributed by atoms with E-state index in [9.17, 15) is 0 Å². The number of benzene rings is 1. The first-order chi connectivity index (χ1) is 8.63. The van der Waals surface area contributed by atoms with Crippen molar-refractivity contribution in [3.05, 3.63) is 28.8 Å². The van der Waals surface area contributed by atoms with E-state index in [1.54, 1.807) is 7.11 Å². The molecule has 3 nitrogen and oxygen atoms in total. The van der Waals surface area contributed by atoms with Crippen molar-refractivity contribution in [2.75, 3.05) is 13.7 Å². The van der Waals surface area contributed by atoms with Crippen LogP contribution in [0, 0.1) is 0 Å². The maximum Gasteiger partial charge on any atom is 0.137 e. The van der Waals surface area contributed by atoms with Crippen molar-refractivity contribution in [1.82, 2.24) is 0 Å². The lowest BCUT2D eigenvalue weighted by molar-refractivity contribution is 0.0374. The van der Waals surface area contributed by atoms with Crippen molar-refractivity contribution >= 4 is 11.6 Å². The zero-order valence-electron chi connectivity index (χ0n) is 11.3. The Labute approximate surface area is 114 Å². The summed E-state index contributed by atoms with van der Waals surface area (Å²) < 4.78 is 10.9. The highest BCUT2D eigenvalue weighted by Crippen LogP contribution is 2.29. The minimum absolute atomic E-state index is 0.0332. The van der Waals surface area contributed by atoms with Gasteiger partial charge >= 0.3 is 0 Å². The second-order valence-corrected chi connectivity index (χ2v) is 4.61. The number of halogens is 1. The number of hydrogen-bond acceptors (Lipinski definition) is 3. The Bertz CT molecular complexity index is 365. The highest BCUT2D eigenvalue weighted by Gasteiger charge is 2.20. The van der Waals surface area contributed by atoms with Crippen LogP contribution in [-0.2, 0) is 4.74 Å². The van der Waals surface area contributed by atoms with Crippen LogP contribution < -0.4 is 10.5 Å². The summed E-state index contributed by atoms with van der Waals surface area (Å²) in [5, 5.41) is 0.594. The summed E-state index contributed by atoms with van der Waals surface area (Å²) in [5.41, 5.74) is 7.25. The van der Waals surface area contributed by atoms with Gasteiger partial charge in [-0.2, -0.15) is 0 Å². The van der Waals surface area contributed by atoms with Crippen LogP contribution in [0.3, 0.4) is 0 Å². The van der Waals surface area contributed by atoms with Gasteiger partial charge in [-0.25, -0.2) is 0 Å². The third-order valence-corrected chi connectivity index (χ3v) is 3.23. The van der Waals surface area contributed by atoms with Crippen molar-refractivity contribution in [3.63, 3.8) is 0 Å². The van der Waals surface area contributed by atoms with Crippen molar-refractivity contribution in [1.29, 1.82) is 0 Å². The molecule has 1 aromatic carbocycles. The van der Waals surface area contributed by atoms with E-state index >= 15 is 0 Å². The summed E-state index contributed by atoms with van der Waals surface area (Å²) in [6.45, 7) is 4.78. The topological polar surface area (TPSA) is 44.5 Å². The SMILES string of the molecule is CCCC(OCC)C(N)c1ccc(Cl)c(OC)c1. The molecule has 102 valence electrons. The molecule has 0 aliphatic carbocycles. The number of nitrogens with two attached hydrogens (primary N) is 1. The van der Waals surface area contributed by atoms with Gasteiger partial charge in [-0.1, -0.05) is 31.0 Å². The minimum Gasteiger partial charge on any atom is -0.495 e. The Kier molecular flexibility index (Phi) is 6.47. The summed E-state index contributed by atoms with van der Waals surface area (Å²) in [6.07, 6.45) is 2.02. The summed E-state index contributed by atoms with van der Waals surface area (Å²) in [5.74, 6) is 0.649. The molecule has 0 fully saturated rings. The van der Waals surface area contributed by atoms with Crippen molar-refractivity contribution in [2.45, 2.75) is 38.8 Å². The fourth-order valence-corrected chi connectivity index (χ4v) is 2.16. The smallest absolute Gasteiger partial charge is 0.137 e. The molecular weight excluding hydrogens is 250 g/mol. The summed E-state index contributed by atoms with van der Waals surface area (Å²) in [6, 6.07) is 5.47. The van der Waals surface area contributed by atoms with Crippen LogP contribution in [-0.4, -0.2) is 19.8 Å². The van der Waals surface area contributed by atoms with Crippen molar-refractivity contribution < 1.29 is 9.47 Å². The summed E-state index contributed by atoms with van der Waals surface area (Å²) >= 11 is 6.01. The molecule has 0 heterocycles. The Morgan fingerprint density at radius 2 is 2.06 bits per heavy atom. The number of ether oxygens (including phenoxy) is 2. The summed E-state index contributed by atoms with van der Waals surface area (Å²) in [4.78, 5) is 0. The third kappa shape index (κ3) is 3.87. The quantitative estimate of drug-likeness (QED) is 0.825. The monoisotopic (exact) mass is 271 g/mol. The molecular formula is C14H22ClNO2. The Morgan fingerprint density at radius 3 is 2.61 bits per heavy atom. The largest absolute Gasteiger partial charge is 0.495 e. The number of rotatable bonds is 7. The van der Waals surface area contributed by atoms with Gasteiger partial charge in [0.25, 0.3) is 0 Å². The van der Waals surface area contributed by atoms with Crippen molar-refractivity contribution in [2.24, 2.45) is 5.73 Å². The zero-order chi connectivity index (χ0) is 13.5. The molecule has 0 amide bonds. The van der Waals surface area contributed by atoms with Crippen molar-refractivity contribution in [3.8, 4) is 5.75 Å². The Morgan fingerprint density at radius 1 is 1.33 bits per heavy atom. The molecule has 18 heavy (non-hydrogen) atoms. The molecule has 4 heteroatoms. The zero-order valence-corrected chi connectivity index (χ0v) is 12.0. The number of methoxy groups -OCH3 is 1. The molecule has 2 atom stereocenters. The molecule has 0 spiro atoms. The lowest BCUT2D eigenvalue weighted by Crippen LogP contribution is -2.29. The van der Waals surface area contributed by atoms with Crippen LogP contribution in [0.2, 0.25) is 5.02 Å². The van der Waals surface area contributed by atoms with Gasteiger partial charge in [0.1, 0.15) is 5.75 Å². The second-order valence-electron chi connectivity index (χ2n) is 4.20. The average Bonchev–Trinajstić information content (AvgIpc) is 2.38. The molecule has 1 aromatic rings. The van der Waals surface area contributed by atoms with E-state index in [0.717, 1.165) is 18.4 Å². The van der Waals surface area contributed by atoms with Gasteiger partial charge in [-0.15, -0.1) is 0 Å². The van der Waals surface area contributed by atoms with Crippen LogP contribution in [0.1, 0.15) is 38.3 Å². The molecule has 2 unspecified atom stereocenters.